The van der Waals surface area contributed by atoms with Crippen LogP contribution in [0.2, 0.25) is 0 Å². The Morgan fingerprint density at radius 2 is 1.81 bits per heavy atom. The molecule has 1 rings (SSSR count). The van der Waals surface area contributed by atoms with Gasteiger partial charge in [0, 0.05) is 18.7 Å². The first-order valence-electron chi connectivity index (χ1n) is 7.07. The highest BCUT2D eigenvalue weighted by atomic mass is 16.5. The lowest BCUT2D eigenvalue weighted by molar-refractivity contribution is -0.146. The van der Waals surface area contributed by atoms with Crippen LogP contribution >= 0.6 is 0 Å². The minimum absolute atomic E-state index is 0.0185. The Kier molecular flexibility index (Phi) is 6.66. The summed E-state index contributed by atoms with van der Waals surface area (Å²) >= 11 is 0. The van der Waals surface area contributed by atoms with Crippen molar-refractivity contribution in [3.8, 4) is 0 Å². The van der Waals surface area contributed by atoms with Crippen molar-refractivity contribution in [3.63, 3.8) is 0 Å². The number of esters is 1. The summed E-state index contributed by atoms with van der Waals surface area (Å²) < 4.78 is 4.71. The normalized spacial score (nSPS) is 12.4. The number of methoxy groups -OCH3 is 1. The lowest BCUT2D eigenvalue weighted by Crippen LogP contribution is -2.40. The van der Waals surface area contributed by atoms with Crippen LogP contribution in [0.4, 0.5) is 0 Å². The molecule has 0 aromatic heterocycles. The van der Waals surface area contributed by atoms with Gasteiger partial charge >= 0.3 is 5.97 Å². The van der Waals surface area contributed by atoms with E-state index in [4.69, 9.17) is 4.74 Å². The molecular weight excluding hydrogens is 266 g/mol. The molecule has 4 heteroatoms. The molecule has 1 aromatic rings. The van der Waals surface area contributed by atoms with E-state index in [9.17, 15) is 9.59 Å². The van der Waals surface area contributed by atoms with Crippen LogP contribution in [0.1, 0.15) is 26.3 Å². The van der Waals surface area contributed by atoms with Crippen molar-refractivity contribution in [2.75, 3.05) is 13.7 Å². The molecule has 1 amide bonds. The van der Waals surface area contributed by atoms with Gasteiger partial charge in [0.2, 0.25) is 5.91 Å². The van der Waals surface area contributed by atoms with E-state index in [1.807, 2.05) is 44.2 Å². The van der Waals surface area contributed by atoms with Gasteiger partial charge in [0.15, 0.2) is 0 Å². The zero-order chi connectivity index (χ0) is 15.8. The molecule has 1 aromatic carbocycles. The van der Waals surface area contributed by atoms with Crippen molar-refractivity contribution in [3.05, 3.63) is 42.0 Å². The monoisotopic (exact) mass is 289 g/mol. The van der Waals surface area contributed by atoms with Gasteiger partial charge in [-0.2, -0.15) is 0 Å². The average molecular weight is 289 g/mol. The maximum Gasteiger partial charge on any atom is 0.310 e. The minimum Gasteiger partial charge on any atom is -0.469 e. The Bertz CT molecular complexity index is 494. The molecule has 114 valence electrons. The molecule has 4 nitrogen and oxygen atoms in total. The number of amides is 1. The number of rotatable bonds is 6. The molecule has 1 atom stereocenters. The van der Waals surface area contributed by atoms with Gasteiger partial charge in [0.05, 0.1) is 13.0 Å². The number of nitrogens with zero attached hydrogens (tertiary/aromatic N) is 1. The predicted octanol–water partition coefficient (Wildman–Crippen LogP) is 2.75. The van der Waals surface area contributed by atoms with E-state index in [-0.39, 0.29) is 23.8 Å². The molecule has 0 N–H and O–H groups in total. The first-order chi connectivity index (χ1) is 9.95. The van der Waals surface area contributed by atoms with Crippen molar-refractivity contribution in [2.45, 2.75) is 26.8 Å². The van der Waals surface area contributed by atoms with E-state index in [0.717, 1.165) is 5.56 Å². The van der Waals surface area contributed by atoms with Crippen molar-refractivity contribution >= 4 is 18.0 Å². The summed E-state index contributed by atoms with van der Waals surface area (Å²) in [5, 5.41) is 0. The largest absolute Gasteiger partial charge is 0.469 e. The van der Waals surface area contributed by atoms with E-state index in [0.29, 0.717) is 6.54 Å². The average Bonchev–Trinajstić information content (AvgIpc) is 2.49. The lowest BCUT2D eigenvalue weighted by Gasteiger charge is -2.27. The van der Waals surface area contributed by atoms with Crippen molar-refractivity contribution in [1.29, 1.82) is 0 Å². The summed E-state index contributed by atoms with van der Waals surface area (Å²) in [4.78, 5) is 25.5. The fourth-order valence-electron chi connectivity index (χ4n) is 1.95. The van der Waals surface area contributed by atoms with E-state index in [1.54, 1.807) is 24.0 Å². The van der Waals surface area contributed by atoms with Crippen LogP contribution < -0.4 is 0 Å². The summed E-state index contributed by atoms with van der Waals surface area (Å²) in [6, 6.07) is 9.65. The molecule has 0 heterocycles. The standard InChI is InChI=1S/C17H23NO3/c1-13(2)18(12-14(3)17(20)21-4)16(19)11-10-15-8-6-5-7-9-15/h5-11,13-14H,12H2,1-4H3/b11-10+. The molecule has 0 aliphatic rings. The third kappa shape index (κ3) is 5.42. The van der Waals surface area contributed by atoms with Crippen LogP contribution in [0.25, 0.3) is 6.08 Å². The second-order valence-electron chi connectivity index (χ2n) is 5.25. The predicted molar refractivity (Wildman–Crippen MR) is 83.5 cm³/mol. The van der Waals surface area contributed by atoms with E-state index in [1.165, 1.54) is 7.11 Å². The Morgan fingerprint density at radius 3 is 2.33 bits per heavy atom. The number of hydrogen-bond acceptors (Lipinski definition) is 3. The molecule has 0 spiro atoms. The quantitative estimate of drug-likeness (QED) is 0.597. The summed E-state index contributed by atoms with van der Waals surface area (Å²) in [5.74, 6) is -0.753. The van der Waals surface area contributed by atoms with Gasteiger partial charge in [-0.05, 0) is 25.5 Å². The van der Waals surface area contributed by atoms with Crippen molar-refractivity contribution in [1.82, 2.24) is 4.90 Å². The van der Waals surface area contributed by atoms with Gasteiger partial charge < -0.3 is 9.64 Å². The second kappa shape index (κ2) is 8.25. The number of hydrogen-bond donors (Lipinski definition) is 0. The summed E-state index contributed by atoms with van der Waals surface area (Å²) in [6.07, 6.45) is 3.32. The SMILES string of the molecule is COC(=O)C(C)CN(C(=O)/C=C/c1ccccc1)C(C)C. The highest BCUT2D eigenvalue weighted by Gasteiger charge is 2.22. The third-order valence-electron chi connectivity index (χ3n) is 3.20. The van der Waals surface area contributed by atoms with Crippen LogP contribution in [0, 0.1) is 5.92 Å². The van der Waals surface area contributed by atoms with Gasteiger partial charge in [-0.25, -0.2) is 0 Å². The highest BCUT2D eigenvalue weighted by Crippen LogP contribution is 2.09. The van der Waals surface area contributed by atoms with Crippen molar-refractivity contribution < 1.29 is 14.3 Å². The fraction of sp³-hybridized carbons (Fsp3) is 0.412. The Hall–Kier alpha value is -2.10. The molecule has 0 radical (unpaired) electrons. The van der Waals surface area contributed by atoms with Gasteiger partial charge in [-0.3, -0.25) is 9.59 Å². The molecule has 0 saturated heterocycles. The number of carbonyl (C=O) groups excluding carboxylic acids is 2. The summed E-state index contributed by atoms with van der Waals surface area (Å²) in [5.41, 5.74) is 0.968. The second-order valence-corrected chi connectivity index (χ2v) is 5.25. The van der Waals surface area contributed by atoms with E-state index >= 15 is 0 Å². The van der Waals surface area contributed by atoms with Crippen LogP contribution in [0.3, 0.4) is 0 Å². The van der Waals surface area contributed by atoms with Crippen LogP contribution in [0.15, 0.2) is 36.4 Å². The summed E-state index contributed by atoms with van der Waals surface area (Å²) in [6.45, 7) is 5.97. The molecule has 0 bridgehead atoms. The summed E-state index contributed by atoms with van der Waals surface area (Å²) in [7, 11) is 1.36. The molecular formula is C17H23NO3. The Labute approximate surface area is 126 Å². The van der Waals surface area contributed by atoms with Crippen LogP contribution in [-0.4, -0.2) is 36.5 Å². The maximum absolute atomic E-state index is 12.3. The Morgan fingerprint density at radius 1 is 1.19 bits per heavy atom. The molecule has 0 aliphatic carbocycles. The first kappa shape index (κ1) is 17.0. The number of ether oxygens (including phenoxy) is 1. The number of benzene rings is 1. The van der Waals surface area contributed by atoms with E-state index in [2.05, 4.69) is 0 Å². The highest BCUT2D eigenvalue weighted by molar-refractivity contribution is 5.92. The van der Waals surface area contributed by atoms with Gasteiger partial charge in [-0.15, -0.1) is 0 Å². The first-order valence-corrected chi connectivity index (χ1v) is 7.07. The van der Waals surface area contributed by atoms with Crippen LogP contribution in [-0.2, 0) is 14.3 Å². The van der Waals surface area contributed by atoms with E-state index < -0.39 is 0 Å². The fourth-order valence-corrected chi connectivity index (χ4v) is 1.95. The third-order valence-corrected chi connectivity index (χ3v) is 3.20. The molecule has 1 unspecified atom stereocenters. The zero-order valence-electron chi connectivity index (χ0n) is 13.1. The maximum atomic E-state index is 12.3. The topological polar surface area (TPSA) is 46.6 Å². The van der Waals surface area contributed by atoms with Crippen LogP contribution in [0.5, 0.6) is 0 Å². The van der Waals surface area contributed by atoms with Gasteiger partial charge in [0.25, 0.3) is 0 Å². The molecule has 0 aliphatic heterocycles. The molecule has 0 fully saturated rings. The van der Waals surface area contributed by atoms with Gasteiger partial charge in [0.1, 0.15) is 0 Å². The van der Waals surface area contributed by atoms with Crippen molar-refractivity contribution in [2.24, 2.45) is 5.92 Å². The Balaban J connectivity index is 2.74. The molecule has 0 saturated carbocycles. The zero-order valence-corrected chi connectivity index (χ0v) is 13.1. The van der Waals surface area contributed by atoms with Gasteiger partial charge in [-0.1, -0.05) is 37.3 Å². The minimum atomic E-state index is -0.341. The molecule has 21 heavy (non-hydrogen) atoms. The number of carbonyl (C=O) groups is 2. The lowest BCUT2D eigenvalue weighted by atomic mass is 10.1. The smallest absolute Gasteiger partial charge is 0.310 e.